The summed E-state index contributed by atoms with van der Waals surface area (Å²) in [6, 6.07) is 15.4. The molecule has 1 aliphatic rings. The van der Waals surface area contributed by atoms with Crippen LogP contribution in [-0.2, 0) is 26.2 Å². The number of amides is 2. The van der Waals surface area contributed by atoms with E-state index in [-0.39, 0.29) is 29.1 Å². The number of hydrogen-bond acceptors (Lipinski definition) is 4. The minimum absolute atomic E-state index is 0.0159. The molecule has 1 aliphatic carbocycles. The number of sulfonamides is 1. The molecule has 1 saturated carbocycles. The van der Waals surface area contributed by atoms with Crippen LogP contribution in [0.1, 0.15) is 49.3 Å². The van der Waals surface area contributed by atoms with Crippen LogP contribution in [0.4, 0.5) is 5.69 Å². The second-order valence-electron chi connectivity index (χ2n) is 10.7. The van der Waals surface area contributed by atoms with Gasteiger partial charge in [0.1, 0.15) is 12.6 Å². The third-order valence-corrected chi connectivity index (χ3v) is 10.5. The summed E-state index contributed by atoms with van der Waals surface area (Å²) in [5.74, 6) is -0.871. The monoisotopic (exact) mass is 649 g/mol. The van der Waals surface area contributed by atoms with Crippen molar-refractivity contribution in [3.63, 3.8) is 0 Å². The van der Waals surface area contributed by atoms with Crippen LogP contribution < -0.4 is 9.62 Å². The van der Waals surface area contributed by atoms with E-state index >= 15 is 0 Å². The molecule has 0 radical (unpaired) electrons. The van der Waals surface area contributed by atoms with Crippen molar-refractivity contribution in [3.8, 4) is 0 Å². The van der Waals surface area contributed by atoms with Crippen LogP contribution in [0.15, 0.2) is 65.6 Å². The summed E-state index contributed by atoms with van der Waals surface area (Å²) in [5.41, 5.74) is 2.53. The van der Waals surface area contributed by atoms with E-state index in [0.29, 0.717) is 20.6 Å². The van der Waals surface area contributed by atoms with Gasteiger partial charge in [0.25, 0.3) is 10.0 Å². The molecule has 0 aromatic heterocycles. The van der Waals surface area contributed by atoms with Gasteiger partial charge >= 0.3 is 0 Å². The number of aryl methyl sites for hydroxylation is 2. The number of rotatable bonds is 10. The fourth-order valence-electron chi connectivity index (χ4n) is 4.91. The van der Waals surface area contributed by atoms with Crippen LogP contribution in [0.3, 0.4) is 0 Å². The molecule has 3 aromatic rings. The summed E-state index contributed by atoms with van der Waals surface area (Å²) >= 11 is 18.7. The van der Waals surface area contributed by atoms with E-state index < -0.39 is 28.5 Å². The largest absolute Gasteiger partial charge is 0.352 e. The van der Waals surface area contributed by atoms with Crippen molar-refractivity contribution in [2.45, 2.75) is 70.0 Å². The Morgan fingerprint density at radius 2 is 1.57 bits per heavy atom. The molecular formula is C31H34Cl3N3O4S. The number of nitrogens with one attached hydrogen (secondary N) is 1. The normalized spacial score (nSPS) is 14.4. The quantitative estimate of drug-likeness (QED) is 0.258. The average Bonchev–Trinajstić information content (AvgIpc) is 3.46. The van der Waals surface area contributed by atoms with Gasteiger partial charge in [-0.1, -0.05) is 77.5 Å². The van der Waals surface area contributed by atoms with Crippen molar-refractivity contribution >= 4 is 62.3 Å². The lowest BCUT2D eigenvalue weighted by Crippen LogP contribution is -2.52. The molecule has 0 bridgehead atoms. The maximum absolute atomic E-state index is 14.1. The lowest BCUT2D eigenvalue weighted by atomic mass is 10.1. The smallest absolute Gasteiger partial charge is 0.264 e. The van der Waals surface area contributed by atoms with Crippen molar-refractivity contribution in [3.05, 3.63) is 92.4 Å². The van der Waals surface area contributed by atoms with E-state index in [0.717, 1.165) is 41.1 Å². The summed E-state index contributed by atoms with van der Waals surface area (Å²) < 4.78 is 29.0. The zero-order valence-corrected chi connectivity index (χ0v) is 26.8. The molecule has 1 N–H and O–H groups in total. The van der Waals surface area contributed by atoms with Gasteiger partial charge in [0, 0.05) is 17.6 Å². The van der Waals surface area contributed by atoms with Gasteiger partial charge in [-0.2, -0.15) is 0 Å². The molecule has 2 amide bonds. The molecule has 0 unspecified atom stereocenters. The lowest BCUT2D eigenvalue weighted by molar-refractivity contribution is -0.139. The van der Waals surface area contributed by atoms with Gasteiger partial charge in [-0.25, -0.2) is 8.42 Å². The Hall–Kier alpha value is -2.78. The maximum atomic E-state index is 14.1. The van der Waals surface area contributed by atoms with Gasteiger partial charge in [-0.05, 0) is 81.1 Å². The Labute approximate surface area is 262 Å². The molecular weight excluding hydrogens is 617 g/mol. The summed E-state index contributed by atoms with van der Waals surface area (Å²) in [7, 11) is -4.19. The van der Waals surface area contributed by atoms with Crippen molar-refractivity contribution in [1.29, 1.82) is 0 Å². The molecule has 11 heteroatoms. The zero-order valence-electron chi connectivity index (χ0n) is 23.7. The van der Waals surface area contributed by atoms with Crippen LogP contribution in [0.2, 0.25) is 15.1 Å². The van der Waals surface area contributed by atoms with Gasteiger partial charge in [0.2, 0.25) is 11.8 Å². The summed E-state index contributed by atoms with van der Waals surface area (Å²) in [6.45, 7) is 4.76. The van der Waals surface area contributed by atoms with Crippen molar-refractivity contribution in [1.82, 2.24) is 10.2 Å². The van der Waals surface area contributed by atoms with Gasteiger partial charge < -0.3 is 10.2 Å². The Balaban J connectivity index is 1.71. The van der Waals surface area contributed by atoms with Crippen molar-refractivity contribution in [2.24, 2.45) is 0 Å². The van der Waals surface area contributed by atoms with Crippen LogP contribution in [-0.4, -0.2) is 43.8 Å². The predicted octanol–water partition coefficient (Wildman–Crippen LogP) is 6.94. The molecule has 0 aliphatic heterocycles. The van der Waals surface area contributed by atoms with Crippen LogP contribution in [0.25, 0.3) is 0 Å². The van der Waals surface area contributed by atoms with E-state index in [2.05, 4.69) is 5.32 Å². The number of benzene rings is 3. The number of halogens is 3. The standard InChI is InChI=1S/C31H34Cl3N3O4S/c1-20-8-13-26(14-9-20)42(40,41)37(25-12-10-21(2)28(33)17-25)19-30(38)36(18-23-11-15-27(32)29(34)16-23)22(3)31(39)35-24-6-4-5-7-24/h8-17,22,24H,4-7,18-19H2,1-3H3,(H,35,39)/t22-/m1/s1. The fraction of sp³-hybridized carbons (Fsp3) is 0.355. The summed E-state index contributed by atoms with van der Waals surface area (Å²) in [5, 5.41) is 4.08. The van der Waals surface area contributed by atoms with Crippen molar-refractivity contribution in [2.75, 3.05) is 10.8 Å². The highest BCUT2D eigenvalue weighted by atomic mass is 35.5. The number of nitrogens with zero attached hydrogens (tertiary/aromatic N) is 2. The highest BCUT2D eigenvalue weighted by Crippen LogP contribution is 2.29. The molecule has 0 heterocycles. The molecule has 0 spiro atoms. The fourth-order valence-corrected chi connectivity index (χ4v) is 6.81. The van der Waals surface area contributed by atoms with E-state index in [4.69, 9.17) is 34.8 Å². The van der Waals surface area contributed by atoms with Gasteiger partial charge in [0.15, 0.2) is 0 Å². The highest BCUT2D eigenvalue weighted by molar-refractivity contribution is 7.92. The van der Waals surface area contributed by atoms with E-state index in [1.807, 2.05) is 6.92 Å². The zero-order chi connectivity index (χ0) is 30.6. The lowest BCUT2D eigenvalue weighted by Gasteiger charge is -2.32. The summed E-state index contributed by atoms with van der Waals surface area (Å²) in [4.78, 5) is 28.8. The average molecular weight is 651 g/mol. The molecule has 1 fully saturated rings. The number of carbonyl (C=O) groups is 2. The Morgan fingerprint density at radius 3 is 2.19 bits per heavy atom. The Kier molecular flexibility index (Phi) is 10.5. The first-order valence-electron chi connectivity index (χ1n) is 13.8. The number of hydrogen-bond donors (Lipinski definition) is 1. The first kappa shape index (κ1) is 32.1. The molecule has 3 aromatic carbocycles. The summed E-state index contributed by atoms with van der Waals surface area (Å²) in [6.07, 6.45) is 3.85. The topological polar surface area (TPSA) is 86.8 Å². The minimum Gasteiger partial charge on any atom is -0.352 e. The van der Waals surface area contributed by atoms with Gasteiger partial charge in [-0.3, -0.25) is 13.9 Å². The minimum atomic E-state index is -4.19. The van der Waals surface area contributed by atoms with E-state index in [1.54, 1.807) is 56.3 Å². The number of anilines is 1. The van der Waals surface area contributed by atoms with Crippen LogP contribution in [0, 0.1) is 13.8 Å². The van der Waals surface area contributed by atoms with Gasteiger partial charge in [-0.15, -0.1) is 0 Å². The van der Waals surface area contributed by atoms with Gasteiger partial charge in [0.05, 0.1) is 20.6 Å². The Bertz CT molecular complexity index is 1560. The SMILES string of the molecule is Cc1ccc(S(=O)(=O)N(CC(=O)N(Cc2ccc(Cl)c(Cl)c2)[C@H](C)C(=O)NC2CCCC2)c2ccc(C)c(Cl)c2)cc1. The maximum Gasteiger partial charge on any atom is 0.264 e. The second kappa shape index (κ2) is 13.7. The molecule has 1 atom stereocenters. The first-order valence-corrected chi connectivity index (χ1v) is 16.3. The van der Waals surface area contributed by atoms with E-state index in [1.165, 1.54) is 23.1 Å². The molecule has 7 nitrogen and oxygen atoms in total. The van der Waals surface area contributed by atoms with Crippen LogP contribution in [0.5, 0.6) is 0 Å². The number of carbonyl (C=O) groups excluding carboxylic acids is 2. The molecule has 42 heavy (non-hydrogen) atoms. The molecule has 4 rings (SSSR count). The Morgan fingerprint density at radius 1 is 0.905 bits per heavy atom. The predicted molar refractivity (Wildman–Crippen MR) is 169 cm³/mol. The third-order valence-electron chi connectivity index (χ3n) is 7.54. The third kappa shape index (κ3) is 7.59. The first-order chi connectivity index (χ1) is 19.9. The van der Waals surface area contributed by atoms with E-state index in [9.17, 15) is 18.0 Å². The molecule has 0 saturated heterocycles. The van der Waals surface area contributed by atoms with Crippen LogP contribution >= 0.6 is 34.8 Å². The van der Waals surface area contributed by atoms with Crippen molar-refractivity contribution < 1.29 is 18.0 Å². The molecule has 224 valence electrons. The second-order valence-corrected chi connectivity index (χ2v) is 13.8. The highest BCUT2D eigenvalue weighted by Gasteiger charge is 2.33.